The molecule has 0 bridgehead atoms. The van der Waals surface area contributed by atoms with Gasteiger partial charge in [0.25, 0.3) is 0 Å². The molecule has 0 aliphatic rings. The SMILES string of the molecule is Nc1cc(Cl)c(Cl)c(C(=O)OCc2ccc(Cl)cc2)c1. The number of ether oxygens (including phenoxy) is 1. The molecule has 2 N–H and O–H groups in total. The van der Waals surface area contributed by atoms with Crippen molar-refractivity contribution in [3.63, 3.8) is 0 Å². The predicted molar refractivity (Wildman–Crippen MR) is 81.4 cm³/mol. The minimum Gasteiger partial charge on any atom is -0.457 e. The highest BCUT2D eigenvalue weighted by molar-refractivity contribution is 6.44. The van der Waals surface area contributed by atoms with Crippen molar-refractivity contribution in [3.05, 3.63) is 62.6 Å². The number of esters is 1. The molecule has 0 spiro atoms. The average molecular weight is 331 g/mol. The first-order valence-electron chi connectivity index (χ1n) is 5.63. The van der Waals surface area contributed by atoms with E-state index >= 15 is 0 Å². The lowest BCUT2D eigenvalue weighted by Crippen LogP contribution is -2.07. The highest BCUT2D eigenvalue weighted by Gasteiger charge is 2.15. The molecule has 2 aromatic rings. The fourth-order valence-electron chi connectivity index (χ4n) is 1.57. The van der Waals surface area contributed by atoms with Crippen molar-refractivity contribution in [2.24, 2.45) is 0 Å². The van der Waals surface area contributed by atoms with Crippen LogP contribution in [0.4, 0.5) is 5.69 Å². The molecule has 3 nitrogen and oxygen atoms in total. The van der Waals surface area contributed by atoms with Crippen molar-refractivity contribution >= 4 is 46.5 Å². The van der Waals surface area contributed by atoms with Crippen LogP contribution in [0.5, 0.6) is 0 Å². The van der Waals surface area contributed by atoms with Crippen molar-refractivity contribution < 1.29 is 9.53 Å². The van der Waals surface area contributed by atoms with E-state index in [1.54, 1.807) is 24.3 Å². The monoisotopic (exact) mass is 329 g/mol. The van der Waals surface area contributed by atoms with Gasteiger partial charge in [-0.1, -0.05) is 46.9 Å². The van der Waals surface area contributed by atoms with E-state index in [9.17, 15) is 4.79 Å². The average Bonchev–Trinajstić information content (AvgIpc) is 2.42. The number of hydrogen-bond donors (Lipinski definition) is 1. The smallest absolute Gasteiger partial charge is 0.340 e. The van der Waals surface area contributed by atoms with Gasteiger partial charge in [-0.25, -0.2) is 4.79 Å². The Hall–Kier alpha value is -1.42. The highest BCUT2D eigenvalue weighted by atomic mass is 35.5. The summed E-state index contributed by atoms with van der Waals surface area (Å²) < 4.78 is 5.16. The fourth-order valence-corrected chi connectivity index (χ4v) is 2.11. The zero-order chi connectivity index (χ0) is 14.7. The van der Waals surface area contributed by atoms with Crippen molar-refractivity contribution in [1.29, 1.82) is 0 Å². The maximum Gasteiger partial charge on any atom is 0.340 e. The molecule has 0 aliphatic carbocycles. The maximum absolute atomic E-state index is 12.0. The number of carbonyl (C=O) groups excluding carboxylic acids is 1. The maximum atomic E-state index is 12.0. The summed E-state index contributed by atoms with van der Waals surface area (Å²) >= 11 is 17.6. The lowest BCUT2D eigenvalue weighted by atomic mass is 10.2. The van der Waals surface area contributed by atoms with E-state index in [0.29, 0.717) is 10.7 Å². The zero-order valence-electron chi connectivity index (χ0n) is 10.2. The second-order valence-electron chi connectivity index (χ2n) is 4.07. The van der Waals surface area contributed by atoms with Gasteiger partial charge in [-0.3, -0.25) is 0 Å². The van der Waals surface area contributed by atoms with E-state index < -0.39 is 5.97 Å². The van der Waals surface area contributed by atoms with Gasteiger partial charge < -0.3 is 10.5 Å². The minimum absolute atomic E-state index is 0.110. The van der Waals surface area contributed by atoms with Gasteiger partial charge in [0.05, 0.1) is 15.6 Å². The molecule has 0 unspecified atom stereocenters. The number of carbonyl (C=O) groups is 1. The number of nitrogen functional groups attached to an aromatic ring is 1. The first kappa shape index (κ1) is 15.0. The van der Waals surface area contributed by atoms with Gasteiger partial charge in [0.2, 0.25) is 0 Å². The zero-order valence-corrected chi connectivity index (χ0v) is 12.5. The lowest BCUT2D eigenvalue weighted by Gasteiger charge is -2.08. The van der Waals surface area contributed by atoms with E-state index in [4.69, 9.17) is 45.3 Å². The molecule has 0 aliphatic heterocycles. The summed E-state index contributed by atoms with van der Waals surface area (Å²) in [5.74, 6) is -0.584. The molecule has 0 aromatic heterocycles. The molecule has 0 saturated heterocycles. The minimum atomic E-state index is -0.584. The molecule has 0 radical (unpaired) electrons. The summed E-state index contributed by atoms with van der Waals surface area (Å²) in [6, 6.07) is 9.87. The third kappa shape index (κ3) is 3.57. The summed E-state index contributed by atoms with van der Waals surface area (Å²) in [4.78, 5) is 12.0. The Kier molecular flexibility index (Phi) is 4.76. The van der Waals surface area contributed by atoms with Crippen molar-refractivity contribution in [2.75, 3.05) is 5.73 Å². The van der Waals surface area contributed by atoms with Gasteiger partial charge in [0.15, 0.2) is 0 Å². The van der Waals surface area contributed by atoms with Crippen LogP contribution >= 0.6 is 34.8 Å². The molecule has 104 valence electrons. The van der Waals surface area contributed by atoms with E-state index in [1.807, 2.05) is 0 Å². The molecule has 0 fully saturated rings. The molecular formula is C14H10Cl3NO2. The first-order chi connectivity index (χ1) is 9.47. The Balaban J connectivity index is 2.11. The first-order valence-corrected chi connectivity index (χ1v) is 6.77. The molecule has 20 heavy (non-hydrogen) atoms. The van der Waals surface area contributed by atoms with E-state index in [-0.39, 0.29) is 22.2 Å². The Morgan fingerprint density at radius 2 is 1.75 bits per heavy atom. The highest BCUT2D eigenvalue weighted by Crippen LogP contribution is 2.29. The van der Waals surface area contributed by atoms with Crippen molar-refractivity contribution in [2.45, 2.75) is 6.61 Å². The molecular weight excluding hydrogens is 321 g/mol. The van der Waals surface area contributed by atoms with Gasteiger partial charge in [-0.05, 0) is 29.8 Å². The lowest BCUT2D eigenvalue weighted by molar-refractivity contribution is 0.0473. The number of halogens is 3. The third-order valence-electron chi connectivity index (χ3n) is 2.55. The molecule has 0 saturated carbocycles. The molecule has 2 aromatic carbocycles. The van der Waals surface area contributed by atoms with Crippen LogP contribution < -0.4 is 5.73 Å². The summed E-state index contributed by atoms with van der Waals surface area (Å²) in [6.07, 6.45) is 0. The van der Waals surface area contributed by atoms with Crippen LogP contribution in [0.2, 0.25) is 15.1 Å². The number of anilines is 1. The molecule has 0 amide bonds. The van der Waals surface area contributed by atoms with Crippen LogP contribution in [0.25, 0.3) is 0 Å². The molecule has 6 heteroatoms. The number of benzene rings is 2. The van der Waals surface area contributed by atoms with Crippen LogP contribution in [-0.4, -0.2) is 5.97 Å². The van der Waals surface area contributed by atoms with Crippen LogP contribution in [-0.2, 0) is 11.3 Å². The Morgan fingerprint density at radius 3 is 2.40 bits per heavy atom. The second-order valence-corrected chi connectivity index (χ2v) is 5.29. The molecule has 0 atom stereocenters. The van der Waals surface area contributed by atoms with Crippen LogP contribution in [0.15, 0.2) is 36.4 Å². The number of hydrogen-bond acceptors (Lipinski definition) is 3. The fraction of sp³-hybridized carbons (Fsp3) is 0.0714. The summed E-state index contributed by atoms with van der Waals surface area (Å²) in [6.45, 7) is 0.110. The van der Waals surface area contributed by atoms with Crippen LogP contribution in [0.3, 0.4) is 0 Å². The Bertz CT molecular complexity index is 642. The van der Waals surface area contributed by atoms with Gasteiger partial charge >= 0.3 is 5.97 Å². The van der Waals surface area contributed by atoms with Gasteiger partial charge in [0, 0.05) is 10.7 Å². The van der Waals surface area contributed by atoms with Crippen molar-refractivity contribution in [3.8, 4) is 0 Å². The third-order valence-corrected chi connectivity index (χ3v) is 3.61. The Labute approximate surface area is 131 Å². The normalized spacial score (nSPS) is 10.3. The Morgan fingerprint density at radius 1 is 1.10 bits per heavy atom. The van der Waals surface area contributed by atoms with Gasteiger partial charge in [-0.2, -0.15) is 0 Å². The summed E-state index contributed by atoms with van der Waals surface area (Å²) in [5.41, 5.74) is 6.93. The van der Waals surface area contributed by atoms with Crippen molar-refractivity contribution in [1.82, 2.24) is 0 Å². The largest absolute Gasteiger partial charge is 0.457 e. The standard InChI is InChI=1S/C14H10Cl3NO2/c15-9-3-1-8(2-4-9)7-20-14(19)11-5-10(18)6-12(16)13(11)17/h1-6H,7,18H2. The van der Waals surface area contributed by atoms with E-state index in [1.165, 1.54) is 12.1 Å². The quantitative estimate of drug-likeness (QED) is 0.661. The molecule has 2 rings (SSSR count). The number of rotatable bonds is 3. The van der Waals surface area contributed by atoms with Crippen LogP contribution in [0.1, 0.15) is 15.9 Å². The van der Waals surface area contributed by atoms with Crippen LogP contribution in [0, 0.1) is 0 Å². The molecule has 0 heterocycles. The van der Waals surface area contributed by atoms with Gasteiger partial charge in [-0.15, -0.1) is 0 Å². The van der Waals surface area contributed by atoms with Gasteiger partial charge in [0.1, 0.15) is 6.61 Å². The summed E-state index contributed by atoms with van der Waals surface area (Å²) in [5, 5.41) is 0.956. The predicted octanol–water partition coefficient (Wildman–Crippen LogP) is 4.59. The second kappa shape index (κ2) is 6.35. The summed E-state index contributed by atoms with van der Waals surface area (Å²) in [7, 11) is 0. The van der Waals surface area contributed by atoms with E-state index in [2.05, 4.69) is 0 Å². The van der Waals surface area contributed by atoms with E-state index in [0.717, 1.165) is 5.56 Å². The topological polar surface area (TPSA) is 52.3 Å². The number of nitrogens with two attached hydrogens (primary N) is 1.